The van der Waals surface area contributed by atoms with Gasteiger partial charge in [0.2, 0.25) is 0 Å². The first kappa shape index (κ1) is 11.7. The fraction of sp³-hybridized carbons (Fsp3) is 0.0769. The maximum atomic E-state index is 13.6. The van der Waals surface area contributed by atoms with E-state index in [-0.39, 0.29) is 11.5 Å². The third-order valence-corrected chi connectivity index (χ3v) is 2.91. The van der Waals surface area contributed by atoms with E-state index < -0.39 is 0 Å². The van der Waals surface area contributed by atoms with Gasteiger partial charge in [-0.25, -0.2) is 4.39 Å². The molecule has 4 heteroatoms. The summed E-state index contributed by atoms with van der Waals surface area (Å²) in [6.07, 6.45) is 0. The minimum absolute atomic E-state index is 0.267. The molecule has 88 valence electrons. The first-order valence-corrected chi connectivity index (χ1v) is 5.53. The number of nitrogen functional groups attached to an aromatic ring is 1. The van der Waals surface area contributed by atoms with Crippen molar-refractivity contribution >= 4 is 28.7 Å². The standard InChI is InChI=1S/C13H12ClFN2/c1-8-11(16)6-3-7-12(8)17-13-9(14)4-2-5-10(13)15/h2-7,17H,16H2,1H3. The molecule has 0 aliphatic rings. The molecule has 0 aromatic heterocycles. The lowest BCUT2D eigenvalue weighted by molar-refractivity contribution is 0.632. The van der Waals surface area contributed by atoms with Crippen molar-refractivity contribution in [2.45, 2.75) is 6.92 Å². The van der Waals surface area contributed by atoms with Gasteiger partial charge in [-0.3, -0.25) is 0 Å². The van der Waals surface area contributed by atoms with Gasteiger partial charge in [0.05, 0.1) is 10.7 Å². The number of para-hydroxylation sites is 1. The van der Waals surface area contributed by atoms with E-state index in [0.717, 1.165) is 11.3 Å². The molecule has 0 aliphatic heterocycles. The maximum Gasteiger partial charge on any atom is 0.148 e. The molecule has 0 aliphatic carbocycles. The molecule has 3 N–H and O–H groups in total. The van der Waals surface area contributed by atoms with Crippen molar-refractivity contribution in [2.24, 2.45) is 0 Å². The molecule has 2 aromatic rings. The highest BCUT2D eigenvalue weighted by molar-refractivity contribution is 6.33. The van der Waals surface area contributed by atoms with Crippen LogP contribution in [0.4, 0.5) is 21.5 Å². The van der Waals surface area contributed by atoms with Crippen LogP contribution in [0.3, 0.4) is 0 Å². The Hall–Kier alpha value is -1.74. The van der Waals surface area contributed by atoms with Gasteiger partial charge in [0.15, 0.2) is 0 Å². The molecule has 2 aromatic carbocycles. The highest BCUT2D eigenvalue weighted by atomic mass is 35.5. The minimum Gasteiger partial charge on any atom is -0.398 e. The summed E-state index contributed by atoms with van der Waals surface area (Å²) >= 11 is 5.94. The van der Waals surface area contributed by atoms with Crippen LogP contribution in [0.5, 0.6) is 0 Å². The predicted molar refractivity (Wildman–Crippen MR) is 70.3 cm³/mol. The van der Waals surface area contributed by atoms with Crippen LogP contribution in [-0.4, -0.2) is 0 Å². The van der Waals surface area contributed by atoms with Crippen LogP contribution in [0.1, 0.15) is 5.56 Å². The lowest BCUT2D eigenvalue weighted by Crippen LogP contribution is -1.99. The molecule has 2 rings (SSSR count). The van der Waals surface area contributed by atoms with E-state index in [2.05, 4.69) is 5.32 Å². The van der Waals surface area contributed by atoms with E-state index >= 15 is 0 Å². The van der Waals surface area contributed by atoms with Crippen LogP contribution in [0.2, 0.25) is 5.02 Å². The van der Waals surface area contributed by atoms with Crippen LogP contribution >= 0.6 is 11.6 Å². The van der Waals surface area contributed by atoms with E-state index in [1.807, 2.05) is 13.0 Å². The third kappa shape index (κ3) is 2.34. The van der Waals surface area contributed by atoms with Gasteiger partial charge in [-0.15, -0.1) is 0 Å². The summed E-state index contributed by atoms with van der Waals surface area (Å²) in [6.45, 7) is 1.87. The molecule has 0 spiro atoms. The summed E-state index contributed by atoms with van der Waals surface area (Å²) in [4.78, 5) is 0. The number of benzene rings is 2. The average molecular weight is 251 g/mol. The highest BCUT2D eigenvalue weighted by Crippen LogP contribution is 2.30. The second-order valence-corrected chi connectivity index (χ2v) is 4.15. The SMILES string of the molecule is Cc1c(N)cccc1Nc1c(F)cccc1Cl. The Balaban J connectivity index is 2.42. The first-order valence-electron chi connectivity index (χ1n) is 5.15. The van der Waals surface area contributed by atoms with Crippen LogP contribution in [-0.2, 0) is 0 Å². The van der Waals surface area contributed by atoms with Crippen molar-refractivity contribution in [3.63, 3.8) is 0 Å². The second-order valence-electron chi connectivity index (χ2n) is 3.74. The quantitative estimate of drug-likeness (QED) is 0.787. The average Bonchev–Trinajstić information content (AvgIpc) is 2.29. The molecular weight excluding hydrogens is 239 g/mol. The van der Waals surface area contributed by atoms with Gasteiger partial charge in [-0.2, -0.15) is 0 Å². The Morgan fingerprint density at radius 3 is 2.59 bits per heavy atom. The molecule has 0 bridgehead atoms. The van der Waals surface area contributed by atoms with E-state index in [1.54, 1.807) is 24.3 Å². The first-order chi connectivity index (χ1) is 8.09. The molecule has 0 heterocycles. The van der Waals surface area contributed by atoms with E-state index in [9.17, 15) is 4.39 Å². The molecule has 0 radical (unpaired) electrons. The Morgan fingerprint density at radius 2 is 1.88 bits per heavy atom. The molecule has 0 atom stereocenters. The van der Waals surface area contributed by atoms with Crippen LogP contribution < -0.4 is 11.1 Å². The molecular formula is C13H12ClFN2. The van der Waals surface area contributed by atoms with Crippen LogP contribution in [0.25, 0.3) is 0 Å². The van der Waals surface area contributed by atoms with Crippen molar-refractivity contribution < 1.29 is 4.39 Å². The molecule has 0 saturated heterocycles. The van der Waals surface area contributed by atoms with Gasteiger partial charge in [-0.1, -0.05) is 23.7 Å². The molecule has 0 unspecified atom stereocenters. The van der Waals surface area contributed by atoms with Gasteiger partial charge >= 0.3 is 0 Å². The van der Waals surface area contributed by atoms with Gasteiger partial charge < -0.3 is 11.1 Å². The molecule has 2 nitrogen and oxygen atoms in total. The summed E-state index contributed by atoms with van der Waals surface area (Å²) in [6, 6.07) is 9.98. The van der Waals surface area contributed by atoms with E-state index in [1.165, 1.54) is 6.07 Å². The Labute approximate surface area is 104 Å². The van der Waals surface area contributed by atoms with Crippen molar-refractivity contribution in [3.8, 4) is 0 Å². The topological polar surface area (TPSA) is 38.0 Å². The van der Waals surface area contributed by atoms with Crippen molar-refractivity contribution in [1.82, 2.24) is 0 Å². The zero-order chi connectivity index (χ0) is 12.4. The predicted octanol–water partition coefficient (Wildman–Crippen LogP) is 4.11. The molecule has 0 saturated carbocycles. The van der Waals surface area contributed by atoms with Crippen LogP contribution in [0, 0.1) is 12.7 Å². The lowest BCUT2D eigenvalue weighted by Gasteiger charge is -2.13. The normalized spacial score (nSPS) is 10.3. The van der Waals surface area contributed by atoms with Crippen molar-refractivity contribution in [1.29, 1.82) is 0 Å². The monoisotopic (exact) mass is 250 g/mol. The minimum atomic E-state index is -0.390. The Morgan fingerprint density at radius 1 is 1.18 bits per heavy atom. The molecule has 17 heavy (non-hydrogen) atoms. The number of rotatable bonds is 2. The second kappa shape index (κ2) is 4.63. The van der Waals surface area contributed by atoms with Crippen LogP contribution in [0.15, 0.2) is 36.4 Å². The number of nitrogens with two attached hydrogens (primary N) is 1. The van der Waals surface area contributed by atoms with E-state index in [0.29, 0.717) is 10.7 Å². The fourth-order valence-corrected chi connectivity index (χ4v) is 1.75. The summed E-state index contributed by atoms with van der Waals surface area (Å²) in [5.41, 5.74) is 8.32. The number of hydrogen-bond acceptors (Lipinski definition) is 2. The zero-order valence-corrected chi connectivity index (χ0v) is 10.1. The zero-order valence-electron chi connectivity index (χ0n) is 9.30. The van der Waals surface area contributed by atoms with Gasteiger partial charge in [0.1, 0.15) is 5.82 Å². The van der Waals surface area contributed by atoms with E-state index in [4.69, 9.17) is 17.3 Å². The summed E-state index contributed by atoms with van der Waals surface area (Å²) < 4.78 is 13.6. The highest BCUT2D eigenvalue weighted by Gasteiger charge is 2.08. The van der Waals surface area contributed by atoms with Gasteiger partial charge in [-0.05, 0) is 36.8 Å². The number of nitrogens with one attached hydrogen (secondary N) is 1. The summed E-state index contributed by atoms with van der Waals surface area (Å²) in [7, 11) is 0. The summed E-state index contributed by atoms with van der Waals surface area (Å²) in [5, 5.41) is 3.30. The van der Waals surface area contributed by atoms with Crippen molar-refractivity contribution in [3.05, 3.63) is 52.8 Å². The summed E-state index contributed by atoms with van der Waals surface area (Å²) in [5.74, 6) is -0.390. The lowest BCUT2D eigenvalue weighted by atomic mass is 10.1. The largest absolute Gasteiger partial charge is 0.398 e. The number of hydrogen-bond donors (Lipinski definition) is 2. The Kier molecular flexibility index (Phi) is 3.20. The third-order valence-electron chi connectivity index (χ3n) is 2.60. The molecule has 0 amide bonds. The molecule has 0 fully saturated rings. The number of halogens is 2. The Bertz CT molecular complexity index is 535. The maximum absolute atomic E-state index is 13.6. The number of anilines is 3. The smallest absolute Gasteiger partial charge is 0.148 e. The van der Waals surface area contributed by atoms with Crippen molar-refractivity contribution in [2.75, 3.05) is 11.1 Å². The van der Waals surface area contributed by atoms with Gasteiger partial charge in [0.25, 0.3) is 0 Å². The fourth-order valence-electron chi connectivity index (χ4n) is 1.54. The van der Waals surface area contributed by atoms with Gasteiger partial charge in [0, 0.05) is 11.4 Å².